The maximum atomic E-state index is 8.83. The molecule has 1 aromatic carbocycles. The summed E-state index contributed by atoms with van der Waals surface area (Å²) in [6, 6.07) is 9.50. The third-order valence-electron chi connectivity index (χ3n) is 2.86. The van der Waals surface area contributed by atoms with Crippen molar-refractivity contribution in [2.45, 2.75) is 20.1 Å². The molecule has 0 amide bonds. The van der Waals surface area contributed by atoms with Gasteiger partial charge in [-0.2, -0.15) is 5.26 Å². The number of benzene rings is 1. The molecule has 0 atom stereocenters. The second kappa shape index (κ2) is 6.51. The Kier molecular flexibility index (Phi) is 4.72. The summed E-state index contributed by atoms with van der Waals surface area (Å²) < 4.78 is 6.85. The van der Waals surface area contributed by atoms with Gasteiger partial charge in [-0.15, -0.1) is 0 Å². The smallest absolute Gasteiger partial charge is 0.140 e. The van der Waals surface area contributed by atoms with Gasteiger partial charge in [-0.1, -0.05) is 15.9 Å². The Bertz CT molecular complexity index is 665. The molecule has 0 bridgehead atoms. The van der Waals surface area contributed by atoms with Crippen LogP contribution >= 0.6 is 15.9 Å². The normalized spacial score (nSPS) is 10.1. The van der Waals surface area contributed by atoms with Crippen molar-refractivity contribution in [3.8, 4) is 11.8 Å². The number of nitrogens with zero attached hydrogens (tertiary/aromatic N) is 2. The molecule has 0 aliphatic carbocycles. The Morgan fingerprint density at radius 2 is 2.20 bits per heavy atom. The van der Waals surface area contributed by atoms with Crippen LogP contribution in [0.2, 0.25) is 0 Å². The first-order valence-electron chi connectivity index (χ1n) is 6.11. The molecular formula is C15H14BrN3O. The third-order valence-corrected chi connectivity index (χ3v) is 3.32. The molecule has 1 aromatic heterocycles. The first kappa shape index (κ1) is 14.5. The van der Waals surface area contributed by atoms with E-state index >= 15 is 0 Å². The van der Waals surface area contributed by atoms with E-state index in [1.165, 1.54) is 0 Å². The number of hydrogen-bond donors (Lipinski definition) is 1. The lowest BCUT2D eigenvalue weighted by Gasteiger charge is -2.14. The fourth-order valence-electron chi connectivity index (χ4n) is 1.94. The minimum absolute atomic E-state index is 0.382. The predicted octanol–water partition coefficient (Wildman–Crippen LogP) is 3.06. The highest BCUT2D eigenvalue weighted by molar-refractivity contribution is 9.10. The molecular weight excluding hydrogens is 318 g/mol. The molecule has 0 aliphatic heterocycles. The summed E-state index contributed by atoms with van der Waals surface area (Å²) in [5.74, 6) is 0.797. The largest absolute Gasteiger partial charge is 0.488 e. The molecule has 1 heterocycles. The van der Waals surface area contributed by atoms with Crippen molar-refractivity contribution in [2.24, 2.45) is 5.73 Å². The van der Waals surface area contributed by atoms with Gasteiger partial charge in [0.1, 0.15) is 24.1 Å². The van der Waals surface area contributed by atoms with Crippen molar-refractivity contribution in [2.75, 3.05) is 0 Å². The highest BCUT2D eigenvalue weighted by Crippen LogP contribution is 2.28. The average Bonchev–Trinajstić information content (AvgIpc) is 2.45. The SMILES string of the molecule is Cc1cc(Br)cc(CN)c1OCc1ccnc(C#N)c1. The van der Waals surface area contributed by atoms with Crippen LogP contribution in [0.1, 0.15) is 22.4 Å². The van der Waals surface area contributed by atoms with E-state index in [4.69, 9.17) is 15.7 Å². The van der Waals surface area contributed by atoms with Crippen molar-refractivity contribution < 1.29 is 4.74 Å². The van der Waals surface area contributed by atoms with E-state index < -0.39 is 0 Å². The van der Waals surface area contributed by atoms with E-state index in [0.29, 0.717) is 18.8 Å². The van der Waals surface area contributed by atoms with E-state index in [1.807, 2.05) is 31.2 Å². The standard InChI is InChI=1S/C15H14BrN3O/c1-10-4-13(16)6-12(7-17)15(10)20-9-11-2-3-19-14(5-11)8-18/h2-6H,7,9,17H2,1H3. The lowest BCUT2D eigenvalue weighted by molar-refractivity contribution is 0.300. The van der Waals surface area contributed by atoms with Crippen LogP contribution in [0.4, 0.5) is 0 Å². The number of nitriles is 1. The highest BCUT2D eigenvalue weighted by atomic mass is 79.9. The number of halogens is 1. The van der Waals surface area contributed by atoms with Crippen LogP contribution in [0.15, 0.2) is 34.9 Å². The third kappa shape index (κ3) is 3.35. The molecule has 0 aliphatic rings. The maximum absolute atomic E-state index is 8.83. The number of ether oxygens (including phenoxy) is 1. The van der Waals surface area contributed by atoms with Gasteiger partial charge in [-0.3, -0.25) is 0 Å². The fraction of sp³-hybridized carbons (Fsp3) is 0.200. The topological polar surface area (TPSA) is 71.9 Å². The summed E-state index contributed by atoms with van der Waals surface area (Å²) in [6.45, 7) is 2.77. The summed E-state index contributed by atoms with van der Waals surface area (Å²) >= 11 is 3.45. The zero-order chi connectivity index (χ0) is 14.5. The van der Waals surface area contributed by atoms with Gasteiger partial charge in [-0.25, -0.2) is 4.98 Å². The molecule has 102 valence electrons. The molecule has 0 unspecified atom stereocenters. The van der Waals surface area contributed by atoms with E-state index in [9.17, 15) is 0 Å². The van der Waals surface area contributed by atoms with Crippen molar-refractivity contribution in [3.63, 3.8) is 0 Å². The average molecular weight is 332 g/mol. The van der Waals surface area contributed by atoms with Crippen LogP contribution in [0.25, 0.3) is 0 Å². The highest BCUT2D eigenvalue weighted by Gasteiger charge is 2.08. The van der Waals surface area contributed by atoms with Crippen LogP contribution in [-0.4, -0.2) is 4.98 Å². The second-order valence-corrected chi connectivity index (χ2v) is 5.28. The zero-order valence-electron chi connectivity index (χ0n) is 11.1. The van der Waals surface area contributed by atoms with Gasteiger partial charge in [0.05, 0.1) is 0 Å². The van der Waals surface area contributed by atoms with Crippen LogP contribution in [0.3, 0.4) is 0 Å². The summed E-state index contributed by atoms with van der Waals surface area (Å²) in [7, 11) is 0. The first-order valence-corrected chi connectivity index (χ1v) is 6.90. The lowest BCUT2D eigenvalue weighted by Crippen LogP contribution is -2.05. The summed E-state index contributed by atoms with van der Waals surface area (Å²) in [6.07, 6.45) is 1.61. The maximum Gasteiger partial charge on any atom is 0.140 e. The van der Waals surface area contributed by atoms with Crippen LogP contribution in [0, 0.1) is 18.3 Å². The zero-order valence-corrected chi connectivity index (χ0v) is 12.6. The summed E-state index contributed by atoms with van der Waals surface area (Å²) in [5, 5.41) is 8.83. The minimum atomic E-state index is 0.382. The van der Waals surface area contributed by atoms with E-state index in [1.54, 1.807) is 12.3 Å². The van der Waals surface area contributed by atoms with Gasteiger partial charge in [0.15, 0.2) is 0 Å². The van der Waals surface area contributed by atoms with Gasteiger partial charge in [0.2, 0.25) is 0 Å². The first-order chi connectivity index (χ1) is 9.63. The van der Waals surface area contributed by atoms with Crippen LogP contribution < -0.4 is 10.5 Å². The van der Waals surface area contributed by atoms with E-state index in [0.717, 1.165) is 26.9 Å². The van der Waals surface area contributed by atoms with Gasteiger partial charge in [0, 0.05) is 22.8 Å². The van der Waals surface area contributed by atoms with Gasteiger partial charge >= 0.3 is 0 Å². The monoisotopic (exact) mass is 331 g/mol. The quantitative estimate of drug-likeness (QED) is 0.934. The van der Waals surface area contributed by atoms with E-state index in [-0.39, 0.29) is 0 Å². The number of rotatable bonds is 4. The van der Waals surface area contributed by atoms with Crippen LogP contribution in [0.5, 0.6) is 5.75 Å². The fourth-order valence-corrected chi connectivity index (χ4v) is 2.56. The van der Waals surface area contributed by atoms with Crippen molar-refractivity contribution >= 4 is 15.9 Å². The Balaban J connectivity index is 2.20. The Morgan fingerprint density at radius 3 is 2.90 bits per heavy atom. The number of nitrogens with two attached hydrogens (primary N) is 1. The van der Waals surface area contributed by atoms with Gasteiger partial charge in [0.25, 0.3) is 0 Å². The molecule has 2 rings (SSSR count). The second-order valence-electron chi connectivity index (χ2n) is 4.36. The van der Waals surface area contributed by atoms with Gasteiger partial charge in [-0.05, 0) is 42.3 Å². The molecule has 0 fully saturated rings. The Hall–Kier alpha value is -1.90. The Morgan fingerprint density at radius 1 is 1.40 bits per heavy atom. The Labute approximate surface area is 126 Å². The summed E-state index contributed by atoms with van der Waals surface area (Å²) in [5.41, 5.74) is 9.01. The van der Waals surface area contributed by atoms with Gasteiger partial charge < -0.3 is 10.5 Å². The number of pyridine rings is 1. The molecule has 0 saturated carbocycles. The molecule has 0 radical (unpaired) electrons. The molecule has 0 saturated heterocycles. The van der Waals surface area contributed by atoms with Crippen molar-refractivity contribution in [3.05, 3.63) is 57.3 Å². The minimum Gasteiger partial charge on any atom is -0.488 e. The van der Waals surface area contributed by atoms with Crippen LogP contribution in [-0.2, 0) is 13.2 Å². The molecule has 0 spiro atoms. The molecule has 2 aromatic rings. The molecule has 20 heavy (non-hydrogen) atoms. The molecule has 2 N–H and O–H groups in total. The summed E-state index contributed by atoms with van der Waals surface area (Å²) in [4.78, 5) is 3.93. The lowest BCUT2D eigenvalue weighted by atomic mass is 10.1. The molecule has 4 nitrogen and oxygen atoms in total. The van der Waals surface area contributed by atoms with Crippen molar-refractivity contribution in [1.82, 2.24) is 4.98 Å². The number of aromatic nitrogens is 1. The molecule has 5 heteroatoms. The van der Waals surface area contributed by atoms with E-state index in [2.05, 4.69) is 20.9 Å². The number of hydrogen-bond acceptors (Lipinski definition) is 4. The predicted molar refractivity (Wildman–Crippen MR) is 80.1 cm³/mol. The number of aryl methyl sites for hydroxylation is 1. The van der Waals surface area contributed by atoms with Crippen molar-refractivity contribution in [1.29, 1.82) is 5.26 Å².